The lowest BCUT2D eigenvalue weighted by molar-refractivity contribution is 0.269. The van der Waals surface area contributed by atoms with Gasteiger partial charge in [0.15, 0.2) is 0 Å². The third-order valence-electron chi connectivity index (χ3n) is 4.38. The second-order valence-corrected chi connectivity index (χ2v) is 6.17. The Hall–Kier alpha value is -1.67. The van der Waals surface area contributed by atoms with E-state index in [-0.39, 0.29) is 5.82 Å². The number of hydrogen-bond donors (Lipinski definition) is 1. The van der Waals surface area contributed by atoms with Crippen molar-refractivity contribution in [3.8, 4) is 0 Å². The Morgan fingerprint density at radius 2 is 1.71 bits per heavy atom. The molecule has 0 aliphatic heterocycles. The molecule has 110 valence electrons. The summed E-state index contributed by atoms with van der Waals surface area (Å²) in [6.45, 7) is 2.25. The van der Waals surface area contributed by atoms with E-state index in [1.807, 2.05) is 12.1 Å². The summed E-state index contributed by atoms with van der Waals surface area (Å²) in [4.78, 5) is 0. The Morgan fingerprint density at radius 1 is 1.05 bits per heavy atom. The van der Waals surface area contributed by atoms with Crippen molar-refractivity contribution in [2.45, 2.75) is 44.2 Å². The Morgan fingerprint density at radius 3 is 2.38 bits per heavy atom. The molecule has 0 aromatic heterocycles. The average molecular weight is 283 g/mol. The van der Waals surface area contributed by atoms with Gasteiger partial charge in [0.1, 0.15) is 5.82 Å². The fourth-order valence-electron chi connectivity index (χ4n) is 3.19. The first kappa shape index (κ1) is 14.3. The lowest BCUT2D eigenvalue weighted by Gasteiger charge is -2.38. The standard InChI is InChI=1S/C19H22FN/c1-14(11-15-5-3-2-4-6-15)21-19-12-17(13-19)16-7-9-18(20)10-8-16/h2-10,14,17,19,21H,11-13H2,1H3. The van der Waals surface area contributed by atoms with Gasteiger partial charge in [-0.15, -0.1) is 0 Å². The summed E-state index contributed by atoms with van der Waals surface area (Å²) in [6.07, 6.45) is 3.38. The zero-order valence-electron chi connectivity index (χ0n) is 12.4. The normalized spacial score (nSPS) is 22.6. The van der Waals surface area contributed by atoms with Gasteiger partial charge in [-0.2, -0.15) is 0 Å². The van der Waals surface area contributed by atoms with Gasteiger partial charge in [-0.3, -0.25) is 0 Å². The van der Waals surface area contributed by atoms with Crippen LogP contribution in [0, 0.1) is 5.82 Å². The van der Waals surface area contributed by atoms with Crippen LogP contribution >= 0.6 is 0 Å². The van der Waals surface area contributed by atoms with Gasteiger partial charge < -0.3 is 5.32 Å². The largest absolute Gasteiger partial charge is 0.311 e. The molecular weight excluding hydrogens is 261 g/mol. The number of benzene rings is 2. The first-order chi connectivity index (χ1) is 10.2. The maximum absolute atomic E-state index is 12.9. The third kappa shape index (κ3) is 3.70. The number of halogens is 1. The molecule has 1 N–H and O–H groups in total. The highest BCUT2D eigenvalue weighted by atomic mass is 19.1. The van der Waals surface area contributed by atoms with Crippen LogP contribution in [0.2, 0.25) is 0 Å². The minimum atomic E-state index is -0.149. The molecule has 0 bridgehead atoms. The molecule has 1 aliphatic carbocycles. The number of hydrogen-bond acceptors (Lipinski definition) is 1. The quantitative estimate of drug-likeness (QED) is 0.863. The van der Waals surface area contributed by atoms with Crippen LogP contribution in [0.5, 0.6) is 0 Å². The summed E-state index contributed by atoms with van der Waals surface area (Å²) in [5.41, 5.74) is 2.65. The Labute approximate surface area is 126 Å². The van der Waals surface area contributed by atoms with Crippen molar-refractivity contribution < 1.29 is 4.39 Å². The maximum atomic E-state index is 12.9. The van der Waals surface area contributed by atoms with Crippen LogP contribution in [0.15, 0.2) is 54.6 Å². The third-order valence-corrected chi connectivity index (χ3v) is 4.38. The van der Waals surface area contributed by atoms with Gasteiger partial charge in [-0.1, -0.05) is 42.5 Å². The van der Waals surface area contributed by atoms with Crippen molar-refractivity contribution in [1.82, 2.24) is 5.32 Å². The molecule has 2 aromatic rings. The highest BCUT2D eigenvalue weighted by Gasteiger charge is 2.30. The molecule has 2 aromatic carbocycles. The SMILES string of the molecule is CC(Cc1ccccc1)NC1CC(c2ccc(F)cc2)C1. The fraction of sp³-hybridized carbons (Fsp3) is 0.368. The van der Waals surface area contributed by atoms with Crippen molar-refractivity contribution in [3.05, 3.63) is 71.5 Å². The summed E-state index contributed by atoms with van der Waals surface area (Å²) in [6, 6.07) is 18.7. The highest BCUT2D eigenvalue weighted by Crippen LogP contribution is 2.37. The van der Waals surface area contributed by atoms with Gasteiger partial charge in [-0.05, 0) is 55.4 Å². The van der Waals surface area contributed by atoms with E-state index < -0.39 is 0 Å². The summed E-state index contributed by atoms with van der Waals surface area (Å²) < 4.78 is 12.9. The molecule has 0 saturated heterocycles. The topological polar surface area (TPSA) is 12.0 Å². The molecular formula is C19H22FN. The van der Waals surface area contributed by atoms with Gasteiger partial charge in [-0.25, -0.2) is 4.39 Å². The lowest BCUT2D eigenvalue weighted by Crippen LogP contribution is -2.45. The van der Waals surface area contributed by atoms with Crippen molar-refractivity contribution in [2.75, 3.05) is 0 Å². The molecule has 1 fully saturated rings. The van der Waals surface area contributed by atoms with E-state index in [4.69, 9.17) is 0 Å². The molecule has 0 amide bonds. The minimum Gasteiger partial charge on any atom is -0.311 e. The predicted octanol–water partition coefficient (Wildman–Crippen LogP) is 4.29. The van der Waals surface area contributed by atoms with Crippen molar-refractivity contribution in [2.24, 2.45) is 0 Å². The molecule has 3 rings (SSSR count). The summed E-state index contributed by atoms with van der Waals surface area (Å²) in [5.74, 6) is 0.441. The van der Waals surface area contributed by atoms with E-state index >= 15 is 0 Å². The van der Waals surface area contributed by atoms with Gasteiger partial charge >= 0.3 is 0 Å². The average Bonchev–Trinajstić information content (AvgIpc) is 2.45. The zero-order valence-corrected chi connectivity index (χ0v) is 12.4. The monoisotopic (exact) mass is 283 g/mol. The molecule has 1 nitrogen and oxygen atoms in total. The van der Waals surface area contributed by atoms with Crippen molar-refractivity contribution in [3.63, 3.8) is 0 Å². The molecule has 0 heterocycles. The van der Waals surface area contributed by atoms with E-state index in [0.717, 1.165) is 19.3 Å². The van der Waals surface area contributed by atoms with Gasteiger partial charge in [0.25, 0.3) is 0 Å². The smallest absolute Gasteiger partial charge is 0.123 e. The van der Waals surface area contributed by atoms with Gasteiger partial charge in [0.2, 0.25) is 0 Å². The number of nitrogens with one attached hydrogen (secondary N) is 1. The summed E-state index contributed by atoms with van der Waals surface area (Å²) in [5, 5.41) is 3.70. The Balaban J connectivity index is 1.45. The van der Waals surface area contributed by atoms with Crippen LogP contribution in [-0.4, -0.2) is 12.1 Å². The van der Waals surface area contributed by atoms with E-state index in [0.29, 0.717) is 18.0 Å². The minimum absolute atomic E-state index is 0.149. The molecule has 1 aliphatic rings. The second-order valence-electron chi connectivity index (χ2n) is 6.17. The fourth-order valence-corrected chi connectivity index (χ4v) is 3.19. The van der Waals surface area contributed by atoms with Crippen molar-refractivity contribution in [1.29, 1.82) is 0 Å². The van der Waals surface area contributed by atoms with Crippen molar-refractivity contribution >= 4 is 0 Å². The lowest BCUT2D eigenvalue weighted by atomic mass is 9.75. The molecule has 0 radical (unpaired) electrons. The summed E-state index contributed by atoms with van der Waals surface area (Å²) >= 11 is 0. The number of rotatable bonds is 5. The van der Waals surface area contributed by atoms with Crippen LogP contribution in [0.4, 0.5) is 4.39 Å². The molecule has 0 spiro atoms. The van der Waals surface area contributed by atoms with Crippen LogP contribution in [0.3, 0.4) is 0 Å². The molecule has 1 unspecified atom stereocenters. The first-order valence-electron chi connectivity index (χ1n) is 7.76. The van der Waals surface area contributed by atoms with E-state index in [1.165, 1.54) is 11.1 Å². The van der Waals surface area contributed by atoms with E-state index in [2.05, 4.69) is 42.6 Å². The zero-order chi connectivity index (χ0) is 14.7. The second kappa shape index (κ2) is 6.40. The van der Waals surface area contributed by atoms with Crippen LogP contribution in [0.1, 0.15) is 36.8 Å². The predicted molar refractivity (Wildman–Crippen MR) is 84.9 cm³/mol. The Bertz CT molecular complexity index is 558. The van der Waals surface area contributed by atoms with Gasteiger partial charge in [0, 0.05) is 12.1 Å². The van der Waals surface area contributed by atoms with Crippen LogP contribution in [0.25, 0.3) is 0 Å². The molecule has 21 heavy (non-hydrogen) atoms. The maximum Gasteiger partial charge on any atom is 0.123 e. The van der Waals surface area contributed by atoms with Crippen LogP contribution < -0.4 is 5.32 Å². The highest BCUT2D eigenvalue weighted by molar-refractivity contribution is 5.23. The van der Waals surface area contributed by atoms with E-state index in [9.17, 15) is 4.39 Å². The van der Waals surface area contributed by atoms with Gasteiger partial charge in [0.05, 0.1) is 0 Å². The Kier molecular flexibility index (Phi) is 4.35. The van der Waals surface area contributed by atoms with Crippen LogP contribution in [-0.2, 0) is 6.42 Å². The summed E-state index contributed by atoms with van der Waals surface area (Å²) in [7, 11) is 0. The first-order valence-corrected chi connectivity index (χ1v) is 7.76. The molecule has 1 atom stereocenters. The molecule has 2 heteroatoms. The van der Waals surface area contributed by atoms with E-state index in [1.54, 1.807) is 12.1 Å². The molecule has 1 saturated carbocycles.